The summed E-state index contributed by atoms with van der Waals surface area (Å²) < 4.78 is 14.1. The van der Waals surface area contributed by atoms with Gasteiger partial charge in [0.2, 0.25) is 0 Å². The molecule has 0 aliphatic heterocycles. The van der Waals surface area contributed by atoms with Crippen LogP contribution in [0.2, 0.25) is 0 Å². The standard InChI is InChI=1S/C14H14FN2/c1-9-6-12(7-10(2)17-9)13-5-3-4-11(8-16)14(13)15/h3-4,6-7H,8,16H2,1-2H3. The smallest absolute Gasteiger partial charge is 0.136 e. The second-order valence-corrected chi connectivity index (χ2v) is 4.03. The van der Waals surface area contributed by atoms with Crippen molar-refractivity contribution in [1.29, 1.82) is 0 Å². The molecule has 2 nitrogen and oxygen atoms in total. The first-order chi connectivity index (χ1) is 8.11. The van der Waals surface area contributed by atoms with Gasteiger partial charge in [-0.1, -0.05) is 12.1 Å². The van der Waals surface area contributed by atoms with Gasteiger partial charge in [0.25, 0.3) is 0 Å². The molecule has 3 heteroatoms. The number of aromatic nitrogens is 1. The molecular formula is C14H14FN2. The van der Waals surface area contributed by atoms with Crippen molar-refractivity contribution in [1.82, 2.24) is 4.98 Å². The molecule has 0 fully saturated rings. The molecule has 0 spiro atoms. The van der Waals surface area contributed by atoms with E-state index in [4.69, 9.17) is 5.73 Å². The fraction of sp³-hybridized carbons (Fsp3) is 0.214. The summed E-state index contributed by atoms with van der Waals surface area (Å²) >= 11 is 0. The summed E-state index contributed by atoms with van der Waals surface area (Å²) in [6.45, 7) is 3.97. The quantitative estimate of drug-likeness (QED) is 0.860. The zero-order chi connectivity index (χ0) is 12.4. The molecule has 87 valence electrons. The first-order valence-electron chi connectivity index (χ1n) is 5.46. The minimum absolute atomic E-state index is 0.191. The summed E-state index contributed by atoms with van der Waals surface area (Å²) in [4.78, 5) is 4.27. The van der Waals surface area contributed by atoms with E-state index in [1.54, 1.807) is 12.1 Å². The lowest BCUT2D eigenvalue weighted by atomic mass is 10.0. The topological polar surface area (TPSA) is 38.9 Å². The molecule has 0 saturated carbocycles. The molecule has 2 N–H and O–H groups in total. The Hall–Kier alpha value is -1.74. The molecule has 0 aliphatic carbocycles. The van der Waals surface area contributed by atoms with Crippen LogP contribution in [0.5, 0.6) is 0 Å². The number of hydrogen-bond donors (Lipinski definition) is 1. The van der Waals surface area contributed by atoms with Crippen molar-refractivity contribution in [3.63, 3.8) is 0 Å². The fourth-order valence-corrected chi connectivity index (χ4v) is 1.87. The fourth-order valence-electron chi connectivity index (χ4n) is 1.87. The molecule has 1 radical (unpaired) electrons. The van der Waals surface area contributed by atoms with Gasteiger partial charge in [-0.3, -0.25) is 4.98 Å². The predicted molar refractivity (Wildman–Crippen MR) is 65.8 cm³/mol. The number of halogens is 1. The predicted octanol–water partition coefficient (Wildman–Crippen LogP) is 2.76. The molecule has 1 aromatic carbocycles. The van der Waals surface area contributed by atoms with Crippen molar-refractivity contribution in [2.24, 2.45) is 5.73 Å². The molecule has 1 heterocycles. The van der Waals surface area contributed by atoms with Crippen molar-refractivity contribution < 1.29 is 4.39 Å². The van der Waals surface area contributed by atoms with Gasteiger partial charge in [0.05, 0.1) is 0 Å². The highest BCUT2D eigenvalue weighted by Crippen LogP contribution is 2.25. The molecule has 1 aromatic heterocycles. The summed E-state index contributed by atoms with van der Waals surface area (Å²) in [5.74, 6) is -0.292. The van der Waals surface area contributed by atoms with Crippen molar-refractivity contribution >= 4 is 0 Å². The Labute approximate surface area is 100 Å². The Kier molecular flexibility index (Phi) is 3.20. The summed E-state index contributed by atoms with van der Waals surface area (Å²) in [7, 11) is 0. The highest BCUT2D eigenvalue weighted by molar-refractivity contribution is 5.65. The van der Waals surface area contributed by atoms with E-state index in [9.17, 15) is 4.39 Å². The van der Waals surface area contributed by atoms with Gasteiger partial charge in [-0.15, -0.1) is 0 Å². The van der Waals surface area contributed by atoms with E-state index < -0.39 is 0 Å². The van der Waals surface area contributed by atoms with Crippen LogP contribution < -0.4 is 5.73 Å². The first kappa shape index (κ1) is 11.7. The maximum Gasteiger partial charge on any atom is 0.136 e. The van der Waals surface area contributed by atoms with Crippen LogP contribution in [0.1, 0.15) is 17.0 Å². The van der Waals surface area contributed by atoms with Gasteiger partial charge in [0.1, 0.15) is 5.82 Å². The van der Waals surface area contributed by atoms with Crippen molar-refractivity contribution in [2.75, 3.05) is 0 Å². The van der Waals surface area contributed by atoms with E-state index in [0.29, 0.717) is 11.1 Å². The summed E-state index contributed by atoms with van der Waals surface area (Å²) in [5.41, 5.74) is 8.98. The van der Waals surface area contributed by atoms with E-state index in [-0.39, 0.29) is 12.4 Å². The molecule has 2 rings (SSSR count). The summed E-state index contributed by atoms with van der Waals surface area (Å²) in [6, 6.07) is 9.98. The maximum absolute atomic E-state index is 14.1. The third-order valence-electron chi connectivity index (χ3n) is 2.60. The molecule has 0 bridgehead atoms. The Morgan fingerprint density at radius 3 is 2.53 bits per heavy atom. The third-order valence-corrected chi connectivity index (χ3v) is 2.60. The monoisotopic (exact) mass is 229 g/mol. The van der Waals surface area contributed by atoms with Crippen LogP contribution in [0.4, 0.5) is 4.39 Å². The SMILES string of the molecule is Cc1cc(-c2[c]ccc(CN)c2F)cc(C)n1. The summed E-state index contributed by atoms with van der Waals surface area (Å²) in [5, 5.41) is 0. The Bertz CT molecular complexity index is 530. The number of benzene rings is 1. The van der Waals surface area contributed by atoms with E-state index in [1.807, 2.05) is 26.0 Å². The van der Waals surface area contributed by atoms with Gasteiger partial charge in [0, 0.05) is 29.1 Å². The molecule has 0 unspecified atom stereocenters. The lowest BCUT2D eigenvalue weighted by Gasteiger charge is -2.08. The van der Waals surface area contributed by atoms with Crippen molar-refractivity contribution in [3.8, 4) is 11.1 Å². The highest BCUT2D eigenvalue weighted by atomic mass is 19.1. The Balaban J connectivity index is 2.60. The molecular weight excluding hydrogens is 215 g/mol. The van der Waals surface area contributed by atoms with Gasteiger partial charge >= 0.3 is 0 Å². The minimum Gasteiger partial charge on any atom is -0.326 e. The van der Waals surface area contributed by atoms with Crippen LogP contribution >= 0.6 is 0 Å². The van der Waals surface area contributed by atoms with Crippen molar-refractivity contribution in [2.45, 2.75) is 20.4 Å². The normalized spacial score (nSPS) is 10.6. The molecule has 2 aromatic rings. The van der Waals surface area contributed by atoms with Crippen molar-refractivity contribution in [3.05, 3.63) is 53.1 Å². The van der Waals surface area contributed by atoms with E-state index >= 15 is 0 Å². The Morgan fingerprint density at radius 1 is 1.29 bits per heavy atom. The zero-order valence-corrected chi connectivity index (χ0v) is 9.92. The largest absolute Gasteiger partial charge is 0.326 e. The lowest BCUT2D eigenvalue weighted by molar-refractivity contribution is 0.614. The second-order valence-electron chi connectivity index (χ2n) is 4.03. The van der Waals surface area contributed by atoms with Gasteiger partial charge in [0.15, 0.2) is 0 Å². The summed E-state index contributed by atoms with van der Waals surface area (Å²) in [6.07, 6.45) is 0. The third kappa shape index (κ3) is 2.34. The zero-order valence-electron chi connectivity index (χ0n) is 9.92. The second kappa shape index (κ2) is 4.63. The minimum atomic E-state index is -0.292. The van der Waals surface area contributed by atoms with Crippen LogP contribution in [0.3, 0.4) is 0 Å². The first-order valence-corrected chi connectivity index (χ1v) is 5.46. The molecule has 0 amide bonds. The average Bonchev–Trinajstić information content (AvgIpc) is 2.28. The molecule has 0 atom stereocenters. The van der Waals surface area contributed by atoms with E-state index in [0.717, 1.165) is 17.0 Å². The molecule has 0 saturated heterocycles. The van der Waals surface area contributed by atoms with Crippen LogP contribution in [0.15, 0.2) is 24.3 Å². The van der Waals surface area contributed by atoms with Gasteiger partial charge < -0.3 is 5.73 Å². The number of nitrogens with zero attached hydrogens (tertiary/aromatic N) is 1. The van der Waals surface area contributed by atoms with Crippen LogP contribution in [-0.2, 0) is 6.54 Å². The highest BCUT2D eigenvalue weighted by Gasteiger charge is 2.10. The number of hydrogen-bond acceptors (Lipinski definition) is 2. The number of nitrogens with two attached hydrogens (primary N) is 1. The van der Waals surface area contributed by atoms with Crippen LogP contribution in [0.25, 0.3) is 11.1 Å². The molecule has 17 heavy (non-hydrogen) atoms. The molecule has 0 aliphatic rings. The van der Waals surface area contributed by atoms with Gasteiger partial charge in [-0.25, -0.2) is 4.39 Å². The van der Waals surface area contributed by atoms with Gasteiger partial charge in [-0.05, 0) is 37.6 Å². The number of aryl methyl sites for hydroxylation is 2. The Morgan fingerprint density at radius 2 is 1.94 bits per heavy atom. The number of rotatable bonds is 2. The number of pyridine rings is 1. The average molecular weight is 229 g/mol. The van der Waals surface area contributed by atoms with Crippen LogP contribution in [-0.4, -0.2) is 4.98 Å². The lowest BCUT2D eigenvalue weighted by Crippen LogP contribution is -2.01. The maximum atomic E-state index is 14.1. The van der Waals surface area contributed by atoms with Crippen LogP contribution in [0, 0.1) is 25.7 Å². The van der Waals surface area contributed by atoms with Gasteiger partial charge in [-0.2, -0.15) is 0 Å². The van der Waals surface area contributed by atoms with E-state index in [1.165, 1.54) is 0 Å². The van der Waals surface area contributed by atoms with E-state index in [2.05, 4.69) is 11.1 Å².